The minimum absolute atomic E-state index is 0.498. The molecule has 0 spiro atoms. The Balaban J connectivity index is 3.03. The van der Waals surface area contributed by atoms with Gasteiger partial charge in [0.1, 0.15) is 0 Å². The van der Waals surface area contributed by atoms with Crippen LogP contribution in [-0.2, 0) is 0 Å². The summed E-state index contributed by atoms with van der Waals surface area (Å²) in [5.41, 5.74) is 1.15. The third-order valence-electron chi connectivity index (χ3n) is 2.69. The Morgan fingerprint density at radius 1 is 1.29 bits per heavy atom. The quantitative estimate of drug-likeness (QED) is 0.826. The summed E-state index contributed by atoms with van der Waals surface area (Å²) in [4.78, 5) is 2.09. The molecule has 1 atom stereocenters. The van der Waals surface area contributed by atoms with Gasteiger partial charge in [-0.25, -0.2) is 0 Å². The van der Waals surface area contributed by atoms with Crippen molar-refractivity contribution in [3.8, 4) is 0 Å². The Hall–Kier alpha value is -1.06. The van der Waals surface area contributed by atoms with Crippen LogP contribution in [0.5, 0.6) is 0 Å². The highest BCUT2D eigenvalue weighted by Gasteiger charge is 2.20. The summed E-state index contributed by atoms with van der Waals surface area (Å²) in [7, 11) is 0. The SMILES string of the molecule is CCN(CC(C)(C)O)c1ccccc1[C@H](C)O. The predicted molar refractivity (Wildman–Crippen MR) is 71.3 cm³/mol. The molecule has 0 bridgehead atoms. The first-order valence-corrected chi connectivity index (χ1v) is 6.09. The summed E-state index contributed by atoms with van der Waals surface area (Å²) >= 11 is 0. The van der Waals surface area contributed by atoms with E-state index in [1.165, 1.54) is 0 Å². The van der Waals surface area contributed by atoms with Crippen molar-refractivity contribution in [3.05, 3.63) is 29.8 Å². The van der Waals surface area contributed by atoms with E-state index in [4.69, 9.17) is 0 Å². The molecule has 0 unspecified atom stereocenters. The number of para-hydroxylation sites is 1. The highest BCUT2D eigenvalue weighted by atomic mass is 16.3. The van der Waals surface area contributed by atoms with Crippen LogP contribution in [0.4, 0.5) is 5.69 Å². The van der Waals surface area contributed by atoms with Gasteiger partial charge in [-0.05, 0) is 33.8 Å². The highest BCUT2D eigenvalue weighted by molar-refractivity contribution is 5.54. The van der Waals surface area contributed by atoms with Crippen molar-refractivity contribution in [2.45, 2.75) is 39.4 Å². The average molecular weight is 237 g/mol. The van der Waals surface area contributed by atoms with E-state index >= 15 is 0 Å². The molecule has 0 saturated heterocycles. The van der Waals surface area contributed by atoms with Crippen molar-refractivity contribution in [2.24, 2.45) is 0 Å². The van der Waals surface area contributed by atoms with Crippen molar-refractivity contribution in [1.29, 1.82) is 0 Å². The van der Waals surface area contributed by atoms with Crippen LogP contribution in [0.2, 0.25) is 0 Å². The molecule has 1 rings (SSSR count). The molecule has 17 heavy (non-hydrogen) atoms. The standard InChI is InChI=1S/C14H23NO2/c1-5-15(10-14(3,4)17)13-9-7-6-8-12(13)11(2)16/h6-9,11,16-17H,5,10H2,1-4H3/t11-/m0/s1. The van der Waals surface area contributed by atoms with Crippen LogP contribution in [0.1, 0.15) is 39.4 Å². The highest BCUT2D eigenvalue weighted by Crippen LogP contribution is 2.27. The summed E-state index contributed by atoms with van der Waals surface area (Å²) in [5.74, 6) is 0. The van der Waals surface area contributed by atoms with Gasteiger partial charge in [-0.1, -0.05) is 18.2 Å². The van der Waals surface area contributed by atoms with Crippen LogP contribution in [0.3, 0.4) is 0 Å². The molecule has 96 valence electrons. The monoisotopic (exact) mass is 237 g/mol. The maximum atomic E-state index is 9.91. The molecule has 0 aliphatic heterocycles. The fourth-order valence-electron chi connectivity index (χ4n) is 1.96. The summed E-state index contributed by atoms with van der Waals surface area (Å²) < 4.78 is 0. The Kier molecular flexibility index (Phi) is 4.54. The Bertz CT molecular complexity index is 355. The molecule has 0 heterocycles. The van der Waals surface area contributed by atoms with Gasteiger partial charge in [-0.2, -0.15) is 0 Å². The zero-order valence-corrected chi connectivity index (χ0v) is 11.1. The fourth-order valence-corrected chi connectivity index (χ4v) is 1.96. The van der Waals surface area contributed by atoms with E-state index < -0.39 is 11.7 Å². The lowest BCUT2D eigenvalue weighted by Gasteiger charge is -2.32. The normalized spacial score (nSPS) is 13.5. The first-order chi connectivity index (χ1) is 7.85. The molecular weight excluding hydrogens is 214 g/mol. The van der Waals surface area contributed by atoms with E-state index in [2.05, 4.69) is 4.90 Å². The van der Waals surface area contributed by atoms with Gasteiger partial charge in [0, 0.05) is 24.3 Å². The molecule has 0 aliphatic carbocycles. The second-order valence-corrected chi connectivity index (χ2v) is 5.06. The smallest absolute Gasteiger partial charge is 0.0781 e. The summed E-state index contributed by atoms with van der Waals surface area (Å²) in [6.07, 6.45) is -0.498. The average Bonchev–Trinajstić information content (AvgIpc) is 2.24. The number of aliphatic hydroxyl groups excluding tert-OH is 1. The van der Waals surface area contributed by atoms with Gasteiger partial charge in [0.2, 0.25) is 0 Å². The first-order valence-electron chi connectivity index (χ1n) is 6.09. The largest absolute Gasteiger partial charge is 0.389 e. The van der Waals surface area contributed by atoms with Crippen LogP contribution in [-0.4, -0.2) is 28.9 Å². The van der Waals surface area contributed by atoms with Gasteiger partial charge in [0.15, 0.2) is 0 Å². The van der Waals surface area contributed by atoms with Crippen molar-refractivity contribution in [3.63, 3.8) is 0 Å². The maximum Gasteiger partial charge on any atom is 0.0781 e. The van der Waals surface area contributed by atoms with E-state index in [-0.39, 0.29) is 0 Å². The molecule has 3 heteroatoms. The summed E-state index contributed by atoms with van der Waals surface area (Å²) in [6, 6.07) is 7.78. The molecule has 0 saturated carbocycles. The van der Waals surface area contributed by atoms with Crippen LogP contribution in [0, 0.1) is 0 Å². The number of benzene rings is 1. The van der Waals surface area contributed by atoms with Crippen molar-refractivity contribution < 1.29 is 10.2 Å². The van der Waals surface area contributed by atoms with Gasteiger partial charge in [0.25, 0.3) is 0 Å². The predicted octanol–water partition coefficient (Wildman–Crippen LogP) is 2.34. The van der Waals surface area contributed by atoms with Gasteiger partial charge in [-0.3, -0.25) is 0 Å². The van der Waals surface area contributed by atoms with Crippen molar-refractivity contribution in [1.82, 2.24) is 0 Å². The van der Waals surface area contributed by atoms with Crippen LogP contribution in [0.25, 0.3) is 0 Å². The minimum Gasteiger partial charge on any atom is -0.389 e. The zero-order chi connectivity index (χ0) is 13.1. The molecule has 2 N–H and O–H groups in total. The van der Waals surface area contributed by atoms with Crippen LogP contribution >= 0.6 is 0 Å². The molecule has 1 aromatic carbocycles. The lowest BCUT2D eigenvalue weighted by atomic mass is 10.0. The van der Waals surface area contributed by atoms with Gasteiger partial charge in [0.05, 0.1) is 11.7 Å². The minimum atomic E-state index is -0.748. The third-order valence-corrected chi connectivity index (χ3v) is 2.69. The third kappa shape index (κ3) is 4.02. The van der Waals surface area contributed by atoms with Crippen molar-refractivity contribution >= 4 is 5.69 Å². The number of likely N-dealkylation sites (N-methyl/N-ethyl adjacent to an activating group) is 1. The second kappa shape index (κ2) is 5.52. The van der Waals surface area contributed by atoms with Crippen molar-refractivity contribution in [2.75, 3.05) is 18.0 Å². The van der Waals surface area contributed by atoms with E-state index in [1.54, 1.807) is 20.8 Å². The number of aliphatic hydroxyl groups is 2. The van der Waals surface area contributed by atoms with Crippen LogP contribution in [0.15, 0.2) is 24.3 Å². The molecule has 0 aliphatic rings. The zero-order valence-electron chi connectivity index (χ0n) is 11.1. The molecule has 0 aromatic heterocycles. The Labute approximate surface area is 104 Å². The molecule has 0 radical (unpaired) electrons. The fraction of sp³-hybridized carbons (Fsp3) is 0.571. The topological polar surface area (TPSA) is 43.7 Å². The second-order valence-electron chi connectivity index (χ2n) is 5.06. The number of nitrogens with zero attached hydrogens (tertiary/aromatic N) is 1. The van der Waals surface area contributed by atoms with E-state index in [0.717, 1.165) is 17.8 Å². The van der Waals surface area contributed by atoms with E-state index in [0.29, 0.717) is 6.54 Å². The molecule has 0 amide bonds. The van der Waals surface area contributed by atoms with E-state index in [9.17, 15) is 10.2 Å². The summed E-state index contributed by atoms with van der Waals surface area (Å²) in [5, 5.41) is 19.7. The number of rotatable bonds is 5. The lowest BCUT2D eigenvalue weighted by molar-refractivity contribution is 0.0873. The molecular formula is C14H23NO2. The maximum absolute atomic E-state index is 9.91. The number of hydrogen-bond acceptors (Lipinski definition) is 3. The number of hydrogen-bond donors (Lipinski definition) is 2. The van der Waals surface area contributed by atoms with E-state index in [1.807, 2.05) is 31.2 Å². The van der Waals surface area contributed by atoms with Crippen LogP contribution < -0.4 is 4.90 Å². The molecule has 1 aromatic rings. The Morgan fingerprint density at radius 3 is 2.35 bits per heavy atom. The van der Waals surface area contributed by atoms with Gasteiger partial charge in [-0.15, -0.1) is 0 Å². The Morgan fingerprint density at radius 2 is 1.88 bits per heavy atom. The molecule has 0 fully saturated rings. The lowest BCUT2D eigenvalue weighted by Crippen LogP contribution is -2.39. The number of anilines is 1. The summed E-state index contributed by atoms with van der Waals surface area (Å²) in [6.45, 7) is 8.74. The van der Waals surface area contributed by atoms with Gasteiger partial charge < -0.3 is 15.1 Å². The van der Waals surface area contributed by atoms with Gasteiger partial charge >= 0.3 is 0 Å². The first kappa shape index (κ1) is 14.0. The molecule has 3 nitrogen and oxygen atoms in total.